The van der Waals surface area contributed by atoms with Gasteiger partial charge in [-0.05, 0) is 31.2 Å². The van der Waals surface area contributed by atoms with Crippen LogP contribution in [0.5, 0.6) is 0 Å². The zero-order chi connectivity index (χ0) is 23.8. The van der Waals surface area contributed by atoms with E-state index in [1.54, 1.807) is 6.20 Å². The van der Waals surface area contributed by atoms with E-state index < -0.39 is 0 Å². The van der Waals surface area contributed by atoms with Gasteiger partial charge in [-0.1, -0.05) is 0 Å². The number of nitriles is 1. The lowest BCUT2D eigenvalue weighted by molar-refractivity contribution is -0.0327. The molecule has 182 valence electrons. The highest BCUT2D eigenvalue weighted by atomic mass is 16.5. The third kappa shape index (κ3) is 4.45. The van der Waals surface area contributed by atoms with Crippen LogP contribution in [-0.2, 0) is 17.8 Å². The molecule has 0 saturated carbocycles. The molecule has 2 aromatic heterocycles. The van der Waals surface area contributed by atoms with Crippen molar-refractivity contribution in [3.05, 3.63) is 47.8 Å². The fourth-order valence-electron chi connectivity index (χ4n) is 5.65. The van der Waals surface area contributed by atoms with Crippen molar-refractivity contribution in [1.29, 1.82) is 5.26 Å². The number of benzene rings is 1. The maximum absolute atomic E-state index is 9.50. The van der Waals surface area contributed by atoms with E-state index in [0.717, 1.165) is 87.9 Å². The van der Waals surface area contributed by atoms with Gasteiger partial charge in [0.1, 0.15) is 6.07 Å². The first-order valence-electron chi connectivity index (χ1n) is 12.6. The lowest BCUT2D eigenvalue weighted by atomic mass is 10.1. The van der Waals surface area contributed by atoms with Crippen LogP contribution in [0, 0.1) is 11.3 Å². The minimum atomic E-state index is 0.138. The summed E-state index contributed by atoms with van der Waals surface area (Å²) in [5.41, 5.74) is 3.81. The second-order valence-corrected chi connectivity index (χ2v) is 9.80. The van der Waals surface area contributed by atoms with E-state index >= 15 is 0 Å². The summed E-state index contributed by atoms with van der Waals surface area (Å²) in [6, 6.07) is 12.5. The Bertz CT molecular complexity index is 1220. The molecule has 35 heavy (non-hydrogen) atoms. The molecule has 0 spiro atoms. The molecule has 2 fully saturated rings. The van der Waals surface area contributed by atoms with Crippen molar-refractivity contribution in [2.45, 2.75) is 32.2 Å². The Labute approximate surface area is 205 Å². The van der Waals surface area contributed by atoms with E-state index in [1.165, 1.54) is 5.69 Å². The van der Waals surface area contributed by atoms with Crippen LogP contribution in [0.1, 0.15) is 18.2 Å². The molecule has 0 aliphatic carbocycles. The first-order valence-corrected chi connectivity index (χ1v) is 12.6. The van der Waals surface area contributed by atoms with E-state index in [0.29, 0.717) is 5.56 Å². The fraction of sp³-hybridized carbons (Fsp3) is 0.500. The van der Waals surface area contributed by atoms with Gasteiger partial charge in [-0.25, -0.2) is 0 Å². The smallest absolute Gasteiger partial charge is 0.151 e. The van der Waals surface area contributed by atoms with Crippen LogP contribution >= 0.6 is 0 Å². The van der Waals surface area contributed by atoms with Crippen LogP contribution in [-0.4, -0.2) is 84.2 Å². The SMILES string of the molecule is C[C@@H]1CN(c2ccc(C#N)c3ncccc23)C[C@H](CN2CCN(c3cc4n(n3)CCNC4)CC2)O1. The van der Waals surface area contributed by atoms with Gasteiger partial charge in [0.15, 0.2) is 5.82 Å². The Morgan fingerprint density at radius 1 is 1.11 bits per heavy atom. The van der Waals surface area contributed by atoms with Gasteiger partial charge in [-0.2, -0.15) is 10.4 Å². The molecule has 2 atom stereocenters. The number of pyridine rings is 1. The van der Waals surface area contributed by atoms with Crippen molar-refractivity contribution < 1.29 is 4.74 Å². The highest BCUT2D eigenvalue weighted by Crippen LogP contribution is 2.30. The van der Waals surface area contributed by atoms with Crippen molar-refractivity contribution in [3.8, 4) is 6.07 Å². The molecule has 9 nitrogen and oxygen atoms in total. The highest BCUT2D eigenvalue weighted by Gasteiger charge is 2.30. The zero-order valence-corrected chi connectivity index (χ0v) is 20.2. The predicted molar refractivity (Wildman–Crippen MR) is 136 cm³/mol. The Hall–Kier alpha value is -3.19. The molecule has 1 N–H and O–H groups in total. The minimum absolute atomic E-state index is 0.138. The standard InChI is InChI=1S/C26H32N8O/c1-19-16-33(24-5-4-20(14-27)26-23(24)3-2-6-29-26)18-22(35-19)17-31-9-11-32(12-10-31)25-13-21-15-28-7-8-34(21)30-25/h2-6,13,19,22,28H,7-12,15-18H2,1H3/t19-,22+/m1/s1. The van der Waals surface area contributed by atoms with E-state index in [2.05, 4.69) is 60.9 Å². The van der Waals surface area contributed by atoms with Crippen LogP contribution in [0.3, 0.4) is 0 Å². The lowest BCUT2D eigenvalue weighted by Crippen LogP contribution is -2.54. The number of hydrogen-bond acceptors (Lipinski definition) is 8. The summed E-state index contributed by atoms with van der Waals surface area (Å²) in [6.07, 6.45) is 2.04. The summed E-state index contributed by atoms with van der Waals surface area (Å²) in [7, 11) is 0. The molecule has 9 heteroatoms. The van der Waals surface area contributed by atoms with Crippen molar-refractivity contribution in [2.75, 3.05) is 62.2 Å². The van der Waals surface area contributed by atoms with Crippen LogP contribution in [0.2, 0.25) is 0 Å². The summed E-state index contributed by atoms with van der Waals surface area (Å²) < 4.78 is 8.52. The molecular weight excluding hydrogens is 440 g/mol. The van der Waals surface area contributed by atoms with Crippen molar-refractivity contribution >= 4 is 22.4 Å². The van der Waals surface area contributed by atoms with Gasteiger partial charge in [-0.3, -0.25) is 14.6 Å². The maximum Gasteiger partial charge on any atom is 0.151 e. The first-order chi connectivity index (χ1) is 17.2. The van der Waals surface area contributed by atoms with Gasteiger partial charge in [-0.15, -0.1) is 0 Å². The number of morpholine rings is 1. The molecule has 2 saturated heterocycles. The second kappa shape index (κ2) is 9.46. The van der Waals surface area contributed by atoms with Crippen molar-refractivity contribution in [2.24, 2.45) is 0 Å². The number of ether oxygens (including phenoxy) is 1. The van der Waals surface area contributed by atoms with Crippen LogP contribution in [0.25, 0.3) is 10.9 Å². The average molecular weight is 473 g/mol. The van der Waals surface area contributed by atoms with E-state index in [1.807, 2.05) is 12.1 Å². The van der Waals surface area contributed by atoms with Gasteiger partial charge in [0.25, 0.3) is 0 Å². The van der Waals surface area contributed by atoms with Gasteiger partial charge >= 0.3 is 0 Å². The molecule has 5 heterocycles. The molecule has 0 unspecified atom stereocenters. The minimum Gasteiger partial charge on any atom is -0.370 e. The quantitative estimate of drug-likeness (QED) is 0.616. The number of rotatable bonds is 4. The monoisotopic (exact) mass is 472 g/mol. The van der Waals surface area contributed by atoms with Crippen LogP contribution in [0.4, 0.5) is 11.5 Å². The molecule has 0 bridgehead atoms. The topological polar surface area (TPSA) is 85.5 Å². The zero-order valence-electron chi connectivity index (χ0n) is 20.2. The number of fused-ring (bicyclic) bond motifs is 2. The summed E-state index contributed by atoms with van der Waals surface area (Å²) in [6.45, 7) is 11.6. The Kier molecular flexibility index (Phi) is 6.02. The number of hydrogen-bond donors (Lipinski definition) is 1. The van der Waals surface area contributed by atoms with Crippen molar-refractivity contribution in [1.82, 2.24) is 25.0 Å². The van der Waals surface area contributed by atoms with Gasteiger partial charge in [0.2, 0.25) is 0 Å². The summed E-state index contributed by atoms with van der Waals surface area (Å²) >= 11 is 0. The third-order valence-corrected chi connectivity index (χ3v) is 7.35. The van der Waals surface area contributed by atoms with E-state index in [4.69, 9.17) is 9.84 Å². The number of piperazine rings is 1. The maximum atomic E-state index is 9.50. The van der Waals surface area contributed by atoms with Gasteiger partial charge in [0, 0.05) is 82.2 Å². The molecule has 3 aliphatic heterocycles. The summed E-state index contributed by atoms with van der Waals surface area (Å²) in [4.78, 5) is 11.8. The lowest BCUT2D eigenvalue weighted by Gasteiger charge is -2.42. The molecule has 1 aromatic carbocycles. The largest absolute Gasteiger partial charge is 0.370 e. The fourth-order valence-corrected chi connectivity index (χ4v) is 5.65. The number of aromatic nitrogens is 3. The van der Waals surface area contributed by atoms with Crippen LogP contribution in [0.15, 0.2) is 36.5 Å². The van der Waals surface area contributed by atoms with E-state index in [-0.39, 0.29) is 12.2 Å². The molecule has 3 aromatic rings. The Morgan fingerprint density at radius 3 is 2.83 bits per heavy atom. The normalized spacial score (nSPS) is 23.3. The molecular formula is C26H32N8O. The van der Waals surface area contributed by atoms with Crippen molar-refractivity contribution in [3.63, 3.8) is 0 Å². The molecule has 3 aliphatic rings. The Morgan fingerprint density at radius 2 is 2.00 bits per heavy atom. The summed E-state index contributed by atoms with van der Waals surface area (Å²) in [5, 5.41) is 18.8. The predicted octanol–water partition coefficient (Wildman–Crippen LogP) is 1.82. The number of anilines is 2. The van der Waals surface area contributed by atoms with Crippen LogP contribution < -0.4 is 15.1 Å². The first kappa shape index (κ1) is 22.3. The molecule has 0 amide bonds. The van der Waals surface area contributed by atoms with E-state index in [9.17, 15) is 5.26 Å². The average Bonchev–Trinajstić information content (AvgIpc) is 3.32. The third-order valence-electron chi connectivity index (χ3n) is 7.35. The second-order valence-electron chi connectivity index (χ2n) is 9.80. The molecule has 0 radical (unpaired) electrons. The number of nitrogens with zero attached hydrogens (tertiary/aromatic N) is 7. The van der Waals surface area contributed by atoms with Gasteiger partial charge in [0.05, 0.1) is 35.5 Å². The summed E-state index contributed by atoms with van der Waals surface area (Å²) in [5.74, 6) is 1.11. The molecule has 6 rings (SSSR count). The highest BCUT2D eigenvalue weighted by molar-refractivity contribution is 5.95. The van der Waals surface area contributed by atoms with Gasteiger partial charge < -0.3 is 19.9 Å². The Balaban J connectivity index is 1.11. The number of nitrogens with one attached hydrogen (secondary N) is 1.